The summed E-state index contributed by atoms with van der Waals surface area (Å²) in [5.74, 6) is -1.18. The number of allylic oxidation sites excluding steroid dienone is 5. The highest BCUT2D eigenvalue weighted by Crippen LogP contribution is 2.26. The predicted molar refractivity (Wildman–Crippen MR) is 343 cm³/mol. The molecule has 0 bridgehead atoms. The van der Waals surface area contributed by atoms with Crippen LogP contribution in [0.5, 0.6) is 0 Å². The second-order valence-electron chi connectivity index (χ2n) is 24.6. The molecule has 1 fully saturated rings. The van der Waals surface area contributed by atoms with E-state index in [4.69, 9.17) is 14.2 Å². The molecule has 0 saturated carbocycles. The maximum Gasteiger partial charge on any atom is 0.306 e. The summed E-state index contributed by atoms with van der Waals surface area (Å²) >= 11 is 0. The van der Waals surface area contributed by atoms with E-state index in [1.807, 2.05) is 6.08 Å². The maximum absolute atomic E-state index is 13.5. The first-order valence-corrected chi connectivity index (χ1v) is 35.3. The third kappa shape index (κ3) is 46.1. The lowest BCUT2D eigenvalue weighted by molar-refractivity contribution is -0.305. The molecule has 6 N–H and O–H groups in total. The minimum absolute atomic E-state index is 0.129. The zero-order valence-corrected chi connectivity index (χ0v) is 53.6. The van der Waals surface area contributed by atoms with Gasteiger partial charge in [-0.25, -0.2) is 0 Å². The van der Waals surface area contributed by atoms with Crippen LogP contribution in [0.25, 0.3) is 0 Å². The van der Waals surface area contributed by atoms with Gasteiger partial charge in [0.1, 0.15) is 24.4 Å². The van der Waals surface area contributed by atoms with Gasteiger partial charge in [-0.15, -0.1) is 0 Å². The van der Waals surface area contributed by atoms with Crippen molar-refractivity contribution < 1.29 is 49.3 Å². The van der Waals surface area contributed by atoms with Crippen LogP contribution < -0.4 is 5.32 Å². The molecule has 11 heteroatoms. The summed E-state index contributed by atoms with van der Waals surface area (Å²) in [5, 5.41) is 57.2. The fraction of sp³-hybridized carbons (Fsp3) is 0.887. The average molecular weight is 1160 g/mol. The SMILES string of the molecule is CCCCC/C=C\C/C=C\CCCCCCCCCCCCC(O)C(=O)NC(COC1OC(CO)C(O)C(O)C1OC(=O)CCCCCCCCCCCCCCCCCCCCCCC)C(O)/C=C/CCCCCCCCCCCC. The third-order valence-electron chi connectivity index (χ3n) is 16.8. The highest BCUT2D eigenvalue weighted by Gasteiger charge is 2.47. The summed E-state index contributed by atoms with van der Waals surface area (Å²) in [6, 6.07) is -1.02. The number of ether oxygens (including phenoxy) is 3. The Morgan fingerprint density at radius 1 is 0.476 bits per heavy atom. The van der Waals surface area contributed by atoms with Crippen molar-refractivity contribution >= 4 is 11.9 Å². The van der Waals surface area contributed by atoms with Crippen LogP contribution in [0.3, 0.4) is 0 Å². The predicted octanol–water partition coefficient (Wildman–Crippen LogP) is 17.8. The number of hydrogen-bond acceptors (Lipinski definition) is 10. The summed E-state index contributed by atoms with van der Waals surface area (Å²) < 4.78 is 17.7. The minimum Gasteiger partial charge on any atom is -0.454 e. The molecule has 8 atom stereocenters. The minimum atomic E-state index is -1.61. The van der Waals surface area contributed by atoms with Crippen molar-refractivity contribution in [2.45, 2.75) is 391 Å². The van der Waals surface area contributed by atoms with Crippen molar-refractivity contribution in [2.75, 3.05) is 13.2 Å². The summed E-state index contributed by atoms with van der Waals surface area (Å²) in [6.07, 6.45) is 61.8. The second kappa shape index (κ2) is 59.2. The van der Waals surface area contributed by atoms with Crippen molar-refractivity contribution in [3.63, 3.8) is 0 Å². The van der Waals surface area contributed by atoms with Crippen LogP contribution >= 0.6 is 0 Å². The standard InChI is InChI=1S/C71H133NO10/c1-4-7-10-13-16-19-22-25-27-29-31-33-35-37-39-41-44-47-50-53-56-59-66(76)82-69-68(78)67(77)65(60-73)81-71(69)80-61-62(63(74)57-54-51-48-45-42-24-21-18-15-12-9-6-3)72-70(79)64(75)58-55-52-49-46-43-40-38-36-34-32-30-28-26-23-20-17-14-11-8-5-2/h17,20,26,28,54,57,62-65,67-69,71,73-75,77-78H,4-16,18-19,21-25,27,29-53,55-56,58-61H2,1-3H3,(H,72,79)/b20-17-,28-26-,57-54+. The highest BCUT2D eigenvalue weighted by molar-refractivity contribution is 5.80. The Balaban J connectivity index is 2.58. The van der Waals surface area contributed by atoms with Crippen LogP contribution in [0, 0.1) is 0 Å². The molecule has 1 heterocycles. The van der Waals surface area contributed by atoms with Crippen LogP contribution in [-0.4, -0.2) is 99.6 Å². The first-order valence-electron chi connectivity index (χ1n) is 35.3. The summed E-state index contributed by atoms with van der Waals surface area (Å²) in [4.78, 5) is 26.7. The third-order valence-corrected chi connectivity index (χ3v) is 16.8. The molecule has 0 aliphatic carbocycles. The van der Waals surface area contributed by atoms with Gasteiger partial charge in [-0.2, -0.15) is 0 Å². The number of esters is 1. The number of unbranched alkanes of at least 4 members (excludes halogenated alkanes) is 43. The monoisotopic (exact) mass is 1160 g/mol. The van der Waals surface area contributed by atoms with Gasteiger partial charge in [0.25, 0.3) is 0 Å². The molecule has 8 unspecified atom stereocenters. The Morgan fingerprint density at radius 3 is 1.27 bits per heavy atom. The van der Waals surface area contributed by atoms with Gasteiger partial charge in [0, 0.05) is 6.42 Å². The van der Waals surface area contributed by atoms with E-state index in [1.165, 1.54) is 225 Å². The van der Waals surface area contributed by atoms with E-state index in [0.717, 1.165) is 70.6 Å². The molecule has 0 aromatic carbocycles. The second-order valence-corrected chi connectivity index (χ2v) is 24.6. The average Bonchev–Trinajstić information content (AvgIpc) is 3.66. The molecule has 1 amide bonds. The Bertz CT molecular complexity index is 1470. The maximum atomic E-state index is 13.5. The van der Waals surface area contributed by atoms with Crippen LogP contribution in [0.4, 0.5) is 0 Å². The lowest BCUT2D eigenvalue weighted by Gasteiger charge is -2.41. The fourth-order valence-corrected chi connectivity index (χ4v) is 11.2. The molecule has 1 saturated heterocycles. The number of aliphatic hydroxyl groups is 5. The molecule has 1 rings (SSSR count). The van der Waals surface area contributed by atoms with Gasteiger partial charge in [-0.05, 0) is 57.8 Å². The Labute approximate surface area is 504 Å². The number of carbonyl (C=O) groups excluding carboxylic acids is 2. The number of aliphatic hydroxyl groups excluding tert-OH is 5. The quantitative estimate of drug-likeness (QED) is 0.0195. The largest absolute Gasteiger partial charge is 0.454 e. The number of hydrogen-bond donors (Lipinski definition) is 6. The van der Waals surface area contributed by atoms with Gasteiger partial charge >= 0.3 is 5.97 Å². The molecular formula is C71H133NO10. The normalized spacial score (nSPS) is 18.8. The first-order chi connectivity index (χ1) is 40.2. The van der Waals surface area contributed by atoms with Crippen molar-refractivity contribution in [3.05, 3.63) is 36.5 Å². The van der Waals surface area contributed by atoms with Gasteiger partial charge in [0.2, 0.25) is 5.91 Å². The van der Waals surface area contributed by atoms with Gasteiger partial charge in [-0.1, -0.05) is 314 Å². The van der Waals surface area contributed by atoms with Gasteiger partial charge in [0.15, 0.2) is 12.4 Å². The number of amides is 1. The lowest BCUT2D eigenvalue weighted by Crippen LogP contribution is -2.61. The molecule has 0 spiro atoms. The van der Waals surface area contributed by atoms with Gasteiger partial charge < -0.3 is 45.1 Å². The van der Waals surface area contributed by atoms with E-state index in [0.29, 0.717) is 19.3 Å². The van der Waals surface area contributed by atoms with E-state index in [2.05, 4.69) is 50.4 Å². The molecule has 0 radical (unpaired) electrons. The number of nitrogens with one attached hydrogen (secondary N) is 1. The van der Waals surface area contributed by atoms with Crippen LogP contribution in [0.1, 0.15) is 342 Å². The Kier molecular flexibility index (Phi) is 56.3. The molecule has 0 aromatic heterocycles. The number of carbonyl (C=O) groups is 2. The molecule has 0 aromatic rings. The molecular weight excluding hydrogens is 1030 g/mol. The van der Waals surface area contributed by atoms with E-state index >= 15 is 0 Å². The molecule has 82 heavy (non-hydrogen) atoms. The van der Waals surface area contributed by atoms with Crippen molar-refractivity contribution in [2.24, 2.45) is 0 Å². The molecule has 1 aliphatic rings. The van der Waals surface area contributed by atoms with Crippen LogP contribution in [0.2, 0.25) is 0 Å². The summed E-state index contributed by atoms with van der Waals surface area (Å²) in [7, 11) is 0. The van der Waals surface area contributed by atoms with Crippen LogP contribution in [0.15, 0.2) is 36.5 Å². The lowest BCUT2D eigenvalue weighted by atomic mass is 9.99. The van der Waals surface area contributed by atoms with Gasteiger partial charge in [0.05, 0.1) is 25.4 Å². The fourth-order valence-electron chi connectivity index (χ4n) is 11.2. The van der Waals surface area contributed by atoms with Crippen molar-refractivity contribution in [3.8, 4) is 0 Å². The molecule has 482 valence electrons. The van der Waals surface area contributed by atoms with E-state index in [1.54, 1.807) is 6.08 Å². The Morgan fingerprint density at radius 2 is 0.841 bits per heavy atom. The molecule has 1 aliphatic heterocycles. The van der Waals surface area contributed by atoms with E-state index in [9.17, 15) is 35.1 Å². The van der Waals surface area contributed by atoms with Crippen molar-refractivity contribution in [1.82, 2.24) is 5.32 Å². The van der Waals surface area contributed by atoms with E-state index in [-0.39, 0.29) is 13.0 Å². The van der Waals surface area contributed by atoms with Crippen molar-refractivity contribution in [1.29, 1.82) is 0 Å². The zero-order valence-electron chi connectivity index (χ0n) is 53.6. The zero-order chi connectivity index (χ0) is 59.6. The summed E-state index contributed by atoms with van der Waals surface area (Å²) in [5.41, 5.74) is 0. The first kappa shape index (κ1) is 77.9. The smallest absolute Gasteiger partial charge is 0.306 e. The highest BCUT2D eigenvalue weighted by atomic mass is 16.7. The van der Waals surface area contributed by atoms with Gasteiger partial charge in [-0.3, -0.25) is 9.59 Å². The summed E-state index contributed by atoms with van der Waals surface area (Å²) in [6.45, 7) is 5.82. The molecule has 11 nitrogen and oxygen atoms in total. The van der Waals surface area contributed by atoms with E-state index < -0.39 is 67.4 Å². The topological polar surface area (TPSA) is 175 Å². The van der Waals surface area contributed by atoms with Crippen LogP contribution in [-0.2, 0) is 23.8 Å². The number of rotatable bonds is 61. The Hall–Kier alpha value is -2.12.